The fourth-order valence-corrected chi connectivity index (χ4v) is 4.57. The number of benzene rings is 1. The topological polar surface area (TPSA) is 78.7 Å². The van der Waals surface area contributed by atoms with Gasteiger partial charge in [-0.15, -0.1) is 0 Å². The van der Waals surface area contributed by atoms with Crippen molar-refractivity contribution in [2.45, 2.75) is 57.2 Å². The molecule has 1 aromatic carbocycles. The van der Waals surface area contributed by atoms with Crippen molar-refractivity contribution in [3.8, 4) is 0 Å². The Balaban J connectivity index is 1.24. The van der Waals surface area contributed by atoms with E-state index in [1.54, 1.807) is 0 Å². The normalized spacial score (nSPS) is 24.8. The first-order valence-corrected chi connectivity index (χ1v) is 10.7. The lowest BCUT2D eigenvalue weighted by Crippen LogP contribution is -2.50. The van der Waals surface area contributed by atoms with Crippen LogP contribution in [-0.4, -0.2) is 59.9 Å². The molecule has 2 heterocycles. The molecular formula is C22H32N4O2. The van der Waals surface area contributed by atoms with Crippen LogP contribution in [-0.2, 0) is 11.3 Å². The van der Waals surface area contributed by atoms with Gasteiger partial charge >= 0.3 is 0 Å². The average molecular weight is 385 g/mol. The molecule has 4 rings (SSSR count). The van der Waals surface area contributed by atoms with Crippen molar-refractivity contribution in [2.75, 3.05) is 26.2 Å². The SMILES string of the molecule is NC(=O)c1ccc(CN2CCC(N3CCC[C@H](C(=O)NC4CC4)C3)CC2)cc1. The van der Waals surface area contributed by atoms with Gasteiger partial charge in [-0.25, -0.2) is 0 Å². The van der Waals surface area contributed by atoms with Crippen molar-refractivity contribution in [3.63, 3.8) is 0 Å². The number of hydrogen-bond donors (Lipinski definition) is 2. The minimum Gasteiger partial charge on any atom is -0.366 e. The summed E-state index contributed by atoms with van der Waals surface area (Å²) in [6.07, 6.45) is 6.81. The van der Waals surface area contributed by atoms with Crippen LogP contribution in [0.4, 0.5) is 0 Å². The molecule has 0 radical (unpaired) electrons. The van der Waals surface area contributed by atoms with Crippen LogP contribution < -0.4 is 11.1 Å². The summed E-state index contributed by atoms with van der Waals surface area (Å²) >= 11 is 0. The molecule has 1 atom stereocenters. The second-order valence-electron chi connectivity index (χ2n) is 8.69. The molecule has 0 unspecified atom stereocenters. The molecule has 152 valence electrons. The van der Waals surface area contributed by atoms with Gasteiger partial charge in [0.05, 0.1) is 5.92 Å². The first kappa shape index (κ1) is 19.4. The summed E-state index contributed by atoms with van der Waals surface area (Å²) < 4.78 is 0. The van der Waals surface area contributed by atoms with E-state index in [0.29, 0.717) is 17.6 Å². The predicted molar refractivity (Wildman–Crippen MR) is 109 cm³/mol. The molecule has 1 aromatic rings. The van der Waals surface area contributed by atoms with Crippen LogP contribution in [0.15, 0.2) is 24.3 Å². The lowest BCUT2D eigenvalue weighted by Gasteiger charge is -2.42. The van der Waals surface area contributed by atoms with E-state index in [4.69, 9.17) is 5.73 Å². The van der Waals surface area contributed by atoms with Crippen molar-refractivity contribution in [2.24, 2.45) is 11.7 Å². The molecule has 2 aliphatic heterocycles. The Morgan fingerprint density at radius 2 is 1.71 bits per heavy atom. The van der Waals surface area contributed by atoms with E-state index in [-0.39, 0.29) is 17.7 Å². The van der Waals surface area contributed by atoms with Crippen LogP contribution in [0, 0.1) is 5.92 Å². The molecule has 1 saturated carbocycles. The van der Waals surface area contributed by atoms with Crippen LogP contribution in [0.1, 0.15) is 54.4 Å². The molecule has 2 saturated heterocycles. The van der Waals surface area contributed by atoms with E-state index in [2.05, 4.69) is 15.1 Å². The minimum atomic E-state index is -0.377. The highest BCUT2D eigenvalue weighted by Gasteiger charge is 2.33. The first-order valence-electron chi connectivity index (χ1n) is 10.7. The third-order valence-corrected chi connectivity index (χ3v) is 6.47. The second kappa shape index (κ2) is 8.62. The third-order valence-electron chi connectivity index (χ3n) is 6.47. The number of likely N-dealkylation sites (tertiary alicyclic amines) is 2. The third kappa shape index (κ3) is 4.92. The van der Waals surface area contributed by atoms with Gasteiger partial charge in [0.25, 0.3) is 0 Å². The molecule has 3 aliphatic rings. The number of carbonyl (C=O) groups excluding carboxylic acids is 2. The maximum Gasteiger partial charge on any atom is 0.248 e. The van der Waals surface area contributed by atoms with Crippen molar-refractivity contribution < 1.29 is 9.59 Å². The Morgan fingerprint density at radius 3 is 2.36 bits per heavy atom. The van der Waals surface area contributed by atoms with Gasteiger partial charge in [-0.1, -0.05) is 12.1 Å². The number of hydrogen-bond acceptors (Lipinski definition) is 4. The molecule has 3 fully saturated rings. The number of primary amides is 1. The lowest BCUT2D eigenvalue weighted by atomic mass is 9.93. The number of rotatable bonds is 6. The summed E-state index contributed by atoms with van der Waals surface area (Å²) in [7, 11) is 0. The highest BCUT2D eigenvalue weighted by Crippen LogP contribution is 2.26. The summed E-state index contributed by atoms with van der Waals surface area (Å²) in [5.74, 6) is 0.0817. The number of amides is 2. The van der Waals surface area contributed by atoms with Gasteiger partial charge in [0.1, 0.15) is 0 Å². The second-order valence-corrected chi connectivity index (χ2v) is 8.69. The van der Waals surface area contributed by atoms with Gasteiger partial charge in [-0.2, -0.15) is 0 Å². The molecule has 0 bridgehead atoms. The Hall–Kier alpha value is -1.92. The number of piperidine rings is 2. The summed E-state index contributed by atoms with van der Waals surface area (Å²) in [6, 6.07) is 8.68. The number of carbonyl (C=O) groups is 2. The largest absolute Gasteiger partial charge is 0.366 e. The average Bonchev–Trinajstić information content (AvgIpc) is 3.53. The molecule has 28 heavy (non-hydrogen) atoms. The Bertz CT molecular complexity index is 693. The zero-order chi connectivity index (χ0) is 19.5. The summed E-state index contributed by atoms with van der Waals surface area (Å²) in [5, 5.41) is 3.19. The van der Waals surface area contributed by atoms with Crippen molar-refractivity contribution in [1.82, 2.24) is 15.1 Å². The molecule has 1 aliphatic carbocycles. The van der Waals surface area contributed by atoms with Crippen molar-refractivity contribution >= 4 is 11.8 Å². The number of nitrogens with zero attached hydrogens (tertiary/aromatic N) is 2. The highest BCUT2D eigenvalue weighted by atomic mass is 16.2. The van der Waals surface area contributed by atoms with Crippen LogP contribution >= 0.6 is 0 Å². The van der Waals surface area contributed by atoms with E-state index < -0.39 is 0 Å². The molecule has 3 N–H and O–H groups in total. The Morgan fingerprint density at radius 1 is 1.00 bits per heavy atom. The summed E-state index contributed by atoms with van der Waals surface area (Å²) in [4.78, 5) is 28.7. The lowest BCUT2D eigenvalue weighted by molar-refractivity contribution is -0.127. The smallest absolute Gasteiger partial charge is 0.248 e. The van der Waals surface area contributed by atoms with E-state index in [9.17, 15) is 9.59 Å². The van der Waals surface area contributed by atoms with Crippen LogP contribution in [0.25, 0.3) is 0 Å². The molecule has 6 heteroatoms. The van der Waals surface area contributed by atoms with Gasteiger partial charge in [-0.05, 0) is 75.9 Å². The van der Waals surface area contributed by atoms with Gasteiger partial charge in [0, 0.05) is 30.7 Å². The quantitative estimate of drug-likeness (QED) is 0.783. The number of nitrogens with one attached hydrogen (secondary N) is 1. The monoisotopic (exact) mass is 384 g/mol. The molecular weight excluding hydrogens is 352 g/mol. The standard InChI is InChI=1S/C22H32N4O2/c23-21(27)17-5-3-16(4-6-17)14-25-12-9-20(10-13-25)26-11-1-2-18(15-26)22(28)24-19-7-8-19/h3-6,18-20H,1-2,7-15H2,(H2,23,27)(H,24,28)/t18-/m0/s1. The molecule has 0 aromatic heterocycles. The maximum absolute atomic E-state index is 12.4. The van der Waals surface area contributed by atoms with E-state index in [1.807, 2.05) is 24.3 Å². The van der Waals surface area contributed by atoms with Crippen LogP contribution in [0.2, 0.25) is 0 Å². The summed E-state index contributed by atoms with van der Waals surface area (Å²) in [6.45, 7) is 5.14. The molecule has 2 amide bonds. The van der Waals surface area contributed by atoms with Crippen LogP contribution in [0.3, 0.4) is 0 Å². The highest BCUT2D eigenvalue weighted by molar-refractivity contribution is 5.92. The predicted octanol–water partition coefficient (Wildman–Crippen LogP) is 1.74. The Kier molecular flexibility index (Phi) is 5.97. The van der Waals surface area contributed by atoms with E-state index in [0.717, 1.165) is 71.2 Å². The summed E-state index contributed by atoms with van der Waals surface area (Å²) in [5.41, 5.74) is 7.09. The number of nitrogens with two attached hydrogens (primary N) is 1. The van der Waals surface area contributed by atoms with E-state index in [1.165, 1.54) is 5.56 Å². The first-order chi connectivity index (χ1) is 13.6. The fraction of sp³-hybridized carbons (Fsp3) is 0.636. The van der Waals surface area contributed by atoms with Gasteiger partial charge < -0.3 is 11.1 Å². The van der Waals surface area contributed by atoms with E-state index >= 15 is 0 Å². The van der Waals surface area contributed by atoms with Crippen molar-refractivity contribution in [1.29, 1.82) is 0 Å². The fourth-order valence-electron chi connectivity index (χ4n) is 4.57. The molecule has 6 nitrogen and oxygen atoms in total. The van der Waals surface area contributed by atoms with Gasteiger partial charge in [0.2, 0.25) is 11.8 Å². The van der Waals surface area contributed by atoms with Crippen LogP contribution in [0.5, 0.6) is 0 Å². The molecule has 0 spiro atoms. The van der Waals surface area contributed by atoms with Gasteiger partial charge in [0.15, 0.2) is 0 Å². The minimum absolute atomic E-state index is 0.177. The maximum atomic E-state index is 12.4. The zero-order valence-electron chi connectivity index (χ0n) is 16.6. The van der Waals surface area contributed by atoms with Gasteiger partial charge in [-0.3, -0.25) is 19.4 Å². The zero-order valence-corrected chi connectivity index (χ0v) is 16.6. The van der Waals surface area contributed by atoms with Crippen molar-refractivity contribution in [3.05, 3.63) is 35.4 Å². The Labute approximate surface area is 167 Å².